The summed E-state index contributed by atoms with van der Waals surface area (Å²) in [6.07, 6.45) is 0.579. The molecule has 0 spiro atoms. The van der Waals surface area contributed by atoms with E-state index < -0.39 is 0 Å². The van der Waals surface area contributed by atoms with Gasteiger partial charge in [0.15, 0.2) is 0 Å². The van der Waals surface area contributed by atoms with Crippen LogP contribution in [-0.4, -0.2) is 30.4 Å². The van der Waals surface area contributed by atoms with Gasteiger partial charge in [0.05, 0.1) is 12.7 Å². The molecule has 1 aliphatic rings. The molecule has 0 saturated heterocycles. The first-order valence-corrected chi connectivity index (χ1v) is 11.0. The highest BCUT2D eigenvalue weighted by atomic mass is 32.1. The second-order valence-corrected chi connectivity index (χ2v) is 8.54. The molecule has 1 aromatic heterocycles. The van der Waals surface area contributed by atoms with Crippen LogP contribution in [0.5, 0.6) is 5.75 Å². The molecule has 5 nitrogen and oxygen atoms in total. The number of methoxy groups -OCH3 is 1. The molecular formula is C25H24N2O3S. The molecule has 2 amide bonds. The van der Waals surface area contributed by atoms with Crippen molar-refractivity contribution in [2.24, 2.45) is 0 Å². The third-order valence-electron chi connectivity index (χ3n) is 5.21. The van der Waals surface area contributed by atoms with Crippen LogP contribution in [0.1, 0.15) is 21.6 Å². The van der Waals surface area contributed by atoms with Crippen LogP contribution < -0.4 is 10.1 Å². The lowest BCUT2D eigenvalue weighted by Gasteiger charge is -2.15. The summed E-state index contributed by atoms with van der Waals surface area (Å²) in [6.45, 7) is 4.34. The van der Waals surface area contributed by atoms with E-state index in [0.717, 1.165) is 33.0 Å². The van der Waals surface area contributed by atoms with Crippen molar-refractivity contribution >= 4 is 34.4 Å². The van der Waals surface area contributed by atoms with Gasteiger partial charge in [-0.15, -0.1) is 11.3 Å². The number of nitrogens with zero attached hydrogens (tertiary/aromatic N) is 1. The zero-order valence-corrected chi connectivity index (χ0v) is 18.6. The van der Waals surface area contributed by atoms with Gasteiger partial charge in [-0.2, -0.15) is 0 Å². The number of carbonyl (C=O) groups is 2. The Balaban J connectivity index is 1.60. The minimum atomic E-state index is -0.291. The summed E-state index contributed by atoms with van der Waals surface area (Å²) in [5, 5.41) is 5.15. The number of benzene rings is 2. The standard InChI is InChI=1S/C25H24N2O3S/c1-16-13-17(2)15-19(14-16)26-23-22(21-5-4-12-31-21)24(28)27(25(23)29)11-10-18-6-8-20(30-3)9-7-18/h4-9,12-15,26H,10-11H2,1-3H3. The predicted octanol–water partition coefficient (Wildman–Crippen LogP) is 4.81. The van der Waals surface area contributed by atoms with E-state index in [0.29, 0.717) is 24.2 Å². The van der Waals surface area contributed by atoms with E-state index in [1.54, 1.807) is 7.11 Å². The van der Waals surface area contributed by atoms with Crippen molar-refractivity contribution in [1.29, 1.82) is 0 Å². The van der Waals surface area contributed by atoms with Crippen LogP contribution in [0.2, 0.25) is 0 Å². The van der Waals surface area contributed by atoms with E-state index in [1.807, 2.05) is 67.8 Å². The number of thiophene rings is 1. The first kappa shape index (κ1) is 20.9. The molecule has 0 bridgehead atoms. The van der Waals surface area contributed by atoms with Gasteiger partial charge in [0, 0.05) is 17.1 Å². The highest BCUT2D eigenvalue weighted by Gasteiger charge is 2.39. The van der Waals surface area contributed by atoms with Crippen molar-refractivity contribution in [2.75, 3.05) is 19.0 Å². The van der Waals surface area contributed by atoms with Crippen molar-refractivity contribution < 1.29 is 14.3 Å². The Morgan fingerprint density at radius 3 is 2.29 bits per heavy atom. The predicted molar refractivity (Wildman–Crippen MR) is 124 cm³/mol. The van der Waals surface area contributed by atoms with Crippen molar-refractivity contribution in [1.82, 2.24) is 4.90 Å². The Morgan fingerprint density at radius 1 is 0.968 bits per heavy atom. The molecule has 3 aromatic rings. The molecule has 0 unspecified atom stereocenters. The summed E-state index contributed by atoms with van der Waals surface area (Å²) in [4.78, 5) is 28.7. The zero-order valence-electron chi connectivity index (χ0n) is 17.8. The molecule has 0 fully saturated rings. The third-order valence-corrected chi connectivity index (χ3v) is 6.10. The van der Waals surface area contributed by atoms with Gasteiger partial charge in [0.1, 0.15) is 11.4 Å². The largest absolute Gasteiger partial charge is 0.497 e. The van der Waals surface area contributed by atoms with Gasteiger partial charge in [-0.05, 0) is 72.7 Å². The number of hydrogen-bond acceptors (Lipinski definition) is 5. The van der Waals surface area contributed by atoms with Crippen molar-refractivity contribution in [2.45, 2.75) is 20.3 Å². The van der Waals surface area contributed by atoms with E-state index in [9.17, 15) is 9.59 Å². The van der Waals surface area contributed by atoms with E-state index in [1.165, 1.54) is 16.2 Å². The lowest BCUT2D eigenvalue weighted by Crippen LogP contribution is -2.34. The molecule has 0 radical (unpaired) electrons. The van der Waals surface area contributed by atoms with Gasteiger partial charge in [-0.25, -0.2) is 0 Å². The fourth-order valence-electron chi connectivity index (χ4n) is 3.77. The Labute approximate surface area is 186 Å². The monoisotopic (exact) mass is 432 g/mol. The molecule has 1 N–H and O–H groups in total. The second kappa shape index (κ2) is 8.78. The number of imide groups is 1. The Morgan fingerprint density at radius 2 is 1.68 bits per heavy atom. The Bertz CT molecular complexity index is 1130. The number of carbonyl (C=O) groups excluding carboxylic acids is 2. The first-order valence-electron chi connectivity index (χ1n) is 10.1. The van der Waals surface area contributed by atoms with Crippen LogP contribution in [-0.2, 0) is 16.0 Å². The first-order chi connectivity index (χ1) is 15.0. The molecule has 1 aliphatic heterocycles. The smallest absolute Gasteiger partial charge is 0.278 e. The second-order valence-electron chi connectivity index (χ2n) is 7.59. The van der Waals surface area contributed by atoms with Crippen LogP contribution in [0.4, 0.5) is 5.69 Å². The molecule has 0 aliphatic carbocycles. The molecule has 0 saturated carbocycles. The van der Waals surface area contributed by atoms with Gasteiger partial charge >= 0.3 is 0 Å². The average Bonchev–Trinajstić information content (AvgIpc) is 3.34. The summed E-state index contributed by atoms with van der Waals surface area (Å²) in [6, 6.07) is 17.5. The summed E-state index contributed by atoms with van der Waals surface area (Å²) in [5.41, 5.74) is 4.80. The third kappa shape index (κ3) is 4.39. The van der Waals surface area contributed by atoms with Gasteiger partial charge in [-0.1, -0.05) is 24.3 Å². The van der Waals surface area contributed by atoms with Crippen LogP contribution >= 0.6 is 11.3 Å². The molecular weight excluding hydrogens is 408 g/mol. The zero-order chi connectivity index (χ0) is 22.0. The van der Waals surface area contributed by atoms with Crippen LogP contribution in [0.3, 0.4) is 0 Å². The molecule has 31 heavy (non-hydrogen) atoms. The van der Waals surface area contributed by atoms with Gasteiger partial charge in [-0.3, -0.25) is 14.5 Å². The molecule has 158 valence electrons. The fraction of sp³-hybridized carbons (Fsp3) is 0.200. The van der Waals surface area contributed by atoms with Crippen molar-refractivity contribution in [3.8, 4) is 5.75 Å². The summed E-state index contributed by atoms with van der Waals surface area (Å²) >= 11 is 1.46. The number of anilines is 1. The number of rotatable bonds is 7. The maximum atomic E-state index is 13.3. The SMILES string of the molecule is COc1ccc(CCN2C(=O)C(Nc3cc(C)cc(C)c3)=C(c3cccs3)C2=O)cc1. The number of amides is 2. The summed E-state index contributed by atoms with van der Waals surface area (Å²) in [5.74, 6) is 0.229. The average molecular weight is 433 g/mol. The lowest BCUT2D eigenvalue weighted by molar-refractivity contribution is -0.136. The van der Waals surface area contributed by atoms with E-state index in [2.05, 4.69) is 11.4 Å². The molecule has 6 heteroatoms. The topological polar surface area (TPSA) is 58.6 Å². The maximum absolute atomic E-state index is 13.3. The normalized spacial score (nSPS) is 13.8. The molecule has 0 atom stereocenters. The van der Waals surface area contributed by atoms with Gasteiger partial charge in [0.2, 0.25) is 0 Å². The molecule has 2 heterocycles. The van der Waals surface area contributed by atoms with E-state index >= 15 is 0 Å². The summed E-state index contributed by atoms with van der Waals surface area (Å²) in [7, 11) is 1.62. The van der Waals surface area contributed by atoms with Crippen molar-refractivity contribution in [3.05, 3.63) is 87.2 Å². The minimum absolute atomic E-state index is 0.257. The molecule has 4 rings (SSSR count). The number of ether oxygens (including phenoxy) is 1. The quantitative estimate of drug-likeness (QED) is 0.545. The Hall–Kier alpha value is -3.38. The van der Waals surface area contributed by atoms with Crippen LogP contribution in [0.25, 0.3) is 5.57 Å². The van der Waals surface area contributed by atoms with Crippen LogP contribution in [0, 0.1) is 13.8 Å². The van der Waals surface area contributed by atoms with Gasteiger partial charge < -0.3 is 10.1 Å². The number of aryl methyl sites for hydroxylation is 2. The Kier molecular flexibility index (Phi) is 5.91. The van der Waals surface area contributed by atoms with E-state index in [-0.39, 0.29) is 11.8 Å². The number of hydrogen-bond donors (Lipinski definition) is 1. The maximum Gasteiger partial charge on any atom is 0.278 e. The minimum Gasteiger partial charge on any atom is -0.497 e. The van der Waals surface area contributed by atoms with E-state index in [4.69, 9.17) is 4.74 Å². The van der Waals surface area contributed by atoms with Crippen molar-refractivity contribution in [3.63, 3.8) is 0 Å². The van der Waals surface area contributed by atoms with Gasteiger partial charge in [0.25, 0.3) is 11.8 Å². The van der Waals surface area contributed by atoms with Crippen LogP contribution in [0.15, 0.2) is 65.7 Å². The fourth-order valence-corrected chi connectivity index (χ4v) is 4.54. The number of nitrogens with one attached hydrogen (secondary N) is 1. The highest BCUT2D eigenvalue weighted by Crippen LogP contribution is 2.33. The lowest BCUT2D eigenvalue weighted by atomic mass is 10.1. The summed E-state index contributed by atoms with van der Waals surface area (Å²) < 4.78 is 5.19. The molecule has 2 aromatic carbocycles. The highest BCUT2D eigenvalue weighted by molar-refractivity contribution is 7.11.